The van der Waals surface area contributed by atoms with Crippen LogP contribution in [-0.2, 0) is 11.2 Å². The molecule has 1 aromatic rings. The van der Waals surface area contributed by atoms with Crippen molar-refractivity contribution in [2.24, 2.45) is 10.8 Å². The Morgan fingerprint density at radius 1 is 1.17 bits per heavy atom. The van der Waals surface area contributed by atoms with Crippen LogP contribution in [-0.4, -0.2) is 12.9 Å². The lowest BCUT2D eigenvalue weighted by Gasteiger charge is -2.51. The summed E-state index contributed by atoms with van der Waals surface area (Å²) in [6, 6.07) is 4.47. The lowest BCUT2D eigenvalue weighted by Crippen LogP contribution is -2.43. The Morgan fingerprint density at radius 2 is 1.87 bits per heavy atom. The van der Waals surface area contributed by atoms with Gasteiger partial charge in [0.25, 0.3) is 0 Å². The van der Waals surface area contributed by atoms with Crippen LogP contribution in [0, 0.1) is 10.8 Å². The van der Waals surface area contributed by atoms with Crippen molar-refractivity contribution in [3.8, 4) is 5.75 Å². The van der Waals surface area contributed by atoms with E-state index in [1.54, 1.807) is 7.11 Å². The summed E-state index contributed by atoms with van der Waals surface area (Å²) in [5.74, 6) is 1.63. The van der Waals surface area contributed by atoms with Crippen molar-refractivity contribution in [1.82, 2.24) is 0 Å². The molecule has 0 radical (unpaired) electrons. The predicted molar refractivity (Wildman–Crippen MR) is 94.9 cm³/mol. The Morgan fingerprint density at radius 3 is 2.48 bits per heavy atom. The molecule has 3 rings (SSSR count). The average Bonchev–Trinajstić information content (AvgIpc) is 2.47. The van der Waals surface area contributed by atoms with Gasteiger partial charge in [0, 0.05) is 6.42 Å². The van der Waals surface area contributed by atoms with Crippen LogP contribution in [0.2, 0.25) is 0 Å². The lowest BCUT2D eigenvalue weighted by atomic mass is 9.52. The highest BCUT2D eigenvalue weighted by Gasteiger charge is 2.49. The van der Waals surface area contributed by atoms with Crippen LogP contribution in [0.4, 0.5) is 0 Å². The molecule has 1 aromatic carbocycles. The summed E-state index contributed by atoms with van der Waals surface area (Å²) in [6.07, 6.45) is 4.72. The third kappa shape index (κ3) is 2.34. The highest BCUT2D eigenvalue weighted by atomic mass is 16.5. The van der Waals surface area contributed by atoms with E-state index in [9.17, 15) is 4.79 Å². The van der Waals surface area contributed by atoms with Gasteiger partial charge in [-0.2, -0.15) is 0 Å². The largest absolute Gasteiger partial charge is 0.496 e. The van der Waals surface area contributed by atoms with E-state index >= 15 is 0 Å². The molecule has 2 nitrogen and oxygen atoms in total. The summed E-state index contributed by atoms with van der Waals surface area (Å²) in [6.45, 7) is 11.2. The van der Waals surface area contributed by atoms with Crippen LogP contribution in [0.3, 0.4) is 0 Å². The van der Waals surface area contributed by atoms with Gasteiger partial charge >= 0.3 is 0 Å². The molecule has 0 heterocycles. The zero-order valence-corrected chi connectivity index (χ0v) is 15.2. The Bertz CT molecular complexity index is 694. The molecule has 0 N–H and O–H groups in total. The molecular weight excluding hydrogens is 284 g/mol. The summed E-state index contributed by atoms with van der Waals surface area (Å²) in [5.41, 5.74) is 5.11. The normalized spacial score (nSPS) is 25.7. The van der Waals surface area contributed by atoms with E-state index in [1.165, 1.54) is 22.3 Å². The maximum absolute atomic E-state index is 12.3. The van der Waals surface area contributed by atoms with Gasteiger partial charge in [0.05, 0.1) is 7.11 Å². The van der Waals surface area contributed by atoms with Crippen molar-refractivity contribution >= 4 is 11.4 Å². The fourth-order valence-corrected chi connectivity index (χ4v) is 4.33. The summed E-state index contributed by atoms with van der Waals surface area (Å²) in [4.78, 5) is 12.3. The molecule has 0 amide bonds. The molecule has 23 heavy (non-hydrogen) atoms. The number of ketones is 1. The lowest BCUT2D eigenvalue weighted by molar-refractivity contribution is -0.118. The number of ether oxygens (including phenoxy) is 1. The Labute approximate surface area is 139 Å². The molecule has 0 saturated heterocycles. The topological polar surface area (TPSA) is 26.3 Å². The minimum absolute atomic E-state index is 0.00416. The zero-order valence-electron chi connectivity index (χ0n) is 15.2. The molecule has 1 unspecified atom stereocenters. The molecule has 0 fully saturated rings. The van der Waals surface area contributed by atoms with E-state index in [1.807, 2.05) is 6.08 Å². The summed E-state index contributed by atoms with van der Waals surface area (Å²) >= 11 is 0. The van der Waals surface area contributed by atoms with E-state index in [0.717, 1.165) is 18.6 Å². The molecule has 0 bridgehead atoms. The van der Waals surface area contributed by atoms with Crippen LogP contribution in [0.5, 0.6) is 5.75 Å². The quantitative estimate of drug-likeness (QED) is 0.754. The third-order valence-electron chi connectivity index (χ3n) is 6.27. The monoisotopic (exact) mass is 312 g/mol. The summed E-state index contributed by atoms with van der Waals surface area (Å²) in [5, 5.41) is 0. The summed E-state index contributed by atoms with van der Waals surface area (Å²) < 4.78 is 5.65. The van der Waals surface area contributed by atoms with Crippen molar-refractivity contribution in [3.63, 3.8) is 0 Å². The smallest absolute Gasteiger partial charge is 0.156 e. The van der Waals surface area contributed by atoms with E-state index in [0.29, 0.717) is 12.3 Å². The number of aryl methyl sites for hydroxylation is 1. The van der Waals surface area contributed by atoms with Crippen molar-refractivity contribution in [2.45, 2.75) is 59.8 Å². The first-order chi connectivity index (χ1) is 10.7. The van der Waals surface area contributed by atoms with E-state index in [4.69, 9.17) is 4.74 Å². The van der Waals surface area contributed by atoms with E-state index in [2.05, 4.69) is 46.8 Å². The molecular formula is C21H28O2. The molecule has 2 aliphatic rings. The minimum Gasteiger partial charge on any atom is -0.496 e. The number of hydrogen-bond donors (Lipinski definition) is 0. The second-order valence-electron chi connectivity index (χ2n) is 8.32. The van der Waals surface area contributed by atoms with Crippen LogP contribution in [0.25, 0.3) is 5.57 Å². The highest BCUT2D eigenvalue weighted by Crippen LogP contribution is 2.59. The second-order valence-corrected chi connectivity index (χ2v) is 8.32. The number of rotatable bonds is 2. The molecule has 0 aromatic heterocycles. The number of carbonyl (C=O) groups is 1. The fourth-order valence-electron chi connectivity index (χ4n) is 4.33. The Balaban J connectivity index is 2.23. The van der Waals surface area contributed by atoms with Crippen molar-refractivity contribution in [1.29, 1.82) is 0 Å². The first-order valence-corrected chi connectivity index (χ1v) is 8.66. The van der Waals surface area contributed by atoms with Gasteiger partial charge < -0.3 is 4.74 Å². The number of methoxy groups -OCH3 is 1. The molecule has 0 spiro atoms. The van der Waals surface area contributed by atoms with E-state index < -0.39 is 0 Å². The van der Waals surface area contributed by atoms with Crippen molar-refractivity contribution in [2.75, 3.05) is 7.11 Å². The Kier molecular flexibility index (Phi) is 3.70. The fraction of sp³-hybridized carbons (Fsp3) is 0.571. The van der Waals surface area contributed by atoms with Gasteiger partial charge in [-0.3, -0.25) is 4.79 Å². The third-order valence-corrected chi connectivity index (χ3v) is 6.27. The molecule has 2 aliphatic carbocycles. The number of hydrogen-bond acceptors (Lipinski definition) is 2. The molecule has 2 heteroatoms. The standard InChI is InChI=1S/C21H28O2/c1-13(2)16-9-14-7-8-21(5)18(17(14)11-19(16)23-6)10-15(22)12-20(21,3)4/h9-11,13H,7-8,12H2,1-6H3. The number of fused-ring (bicyclic) bond motifs is 3. The molecule has 124 valence electrons. The van der Waals surface area contributed by atoms with Crippen LogP contribution >= 0.6 is 0 Å². The SMILES string of the molecule is COc1cc2c(cc1C(C)C)CCC1(C)C2=CC(=O)CC1(C)C. The van der Waals surface area contributed by atoms with Crippen LogP contribution < -0.4 is 4.74 Å². The van der Waals surface area contributed by atoms with Gasteiger partial charge in [-0.15, -0.1) is 0 Å². The van der Waals surface area contributed by atoms with E-state index in [-0.39, 0.29) is 16.6 Å². The number of carbonyl (C=O) groups excluding carboxylic acids is 1. The first-order valence-electron chi connectivity index (χ1n) is 8.66. The van der Waals surface area contributed by atoms with Crippen LogP contribution in [0.1, 0.15) is 70.1 Å². The first kappa shape index (κ1) is 16.3. The van der Waals surface area contributed by atoms with Crippen LogP contribution in [0.15, 0.2) is 18.2 Å². The Hall–Kier alpha value is -1.57. The van der Waals surface area contributed by atoms with Gasteiger partial charge in [0.15, 0.2) is 5.78 Å². The average molecular weight is 312 g/mol. The maximum Gasteiger partial charge on any atom is 0.156 e. The van der Waals surface area contributed by atoms with Gasteiger partial charge in [0.1, 0.15) is 5.75 Å². The van der Waals surface area contributed by atoms with Crippen molar-refractivity contribution in [3.05, 3.63) is 34.9 Å². The maximum atomic E-state index is 12.3. The number of allylic oxidation sites excluding steroid dienone is 2. The van der Waals surface area contributed by atoms with Crippen molar-refractivity contribution < 1.29 is 9.53 Å². The van der Waals surface area contributed by atoms with Gasteiger partial charge in [0.2, 0.25) is 0 Å². The zero-order chi connectivity index (χ0) is 17.0. The summed E-state index contributed by atoms with van der Waals surface area (Å²) in [7, 11) is 1.74. The van der Waals surface area contributed by atoms with Gasteiger partial charge in [-0.25, -0.2) is 0 Å². The van der Waals surface area contributed by atoms with Gasteiger partial charge in [-0.1, -0.05) is 40.7 Å². The molecule has 1 atom stereocenters. The predicted octanol–water partition coefficient (Wildman–Crippen LogP) is 5.15. The number of benzene rings is 1. The highest BCUT2D eigenvalue weighted by molar-refractivity contribution is 6.01. The van der Waals surface area contributed by atoms with Gasteiger partial charge in [-0.05, 0) is 64.0 Å². The minimum atomic E-state index is -0.00416. The second kappa shape index (κ2) is 5.22. The molecule has 0 aliphatic heterocycles. The molecule has 0 saturated carbocycles.